The van der Waals surface area contributed by atoms with E-state index in [-0.39, 0.29) is 0 Å². The van der Waals surface area contributed by atoms with E-state index in [1.54, 1.807) is 0 Å². The highest BCUT2D eigenvalue weighted by Gasteiger charge is 2.24. The van der Waals surface area contributed by atoms with Crippen molar-refractivity contribution in [1.82, 2.24) is 0 Å². The molecule has 0 unspecified atom stereocenters. The lowest BCUT2D eigenvalue weighted by Crippen LogP contribution is -2.29. The molecule has 0 aliphatic heterocycles. The summed E-state index contributed by atoms with van der Waals surface area (Å²) in [5, 5.41) is 0. The molecule has 2 aliphatic carbocycles. The van der Waals surface area contributed by atoms with Crippen LogP contribution in [0.5, 0.6) is 0 Å². The first-order valence-electron chi connectivity index (χ1n) is 9.01. The summed E-state index contributed by atoms with van der Waals surface area (Å²) in [4.78, 5) is 0. The molecule has 0 aromatic heterocycles. The van der Waals surface area contributed by atoms with Gasteiger partial charge in [-0.15, -0.1) is 0 Å². The Hall–Kier alpha value is -0.0800. The Morgan fingerprint density at radius 1 is 0.800 bits per heavy atom. The van der Waals surface area contributed by atoms with E-state index in [0.29, 0.717) is 12.2 Å². The molecule has 0 bridgehead atoms. The molecule has 20 heavy (non-hydrogen) atoms. The topological polar surface area (TPSA) is 18.5 Å². The average molecular weight is 282 g/mol. The molecule has 118 valence electrons. The van der Waals surface area contributed by atoms with E-state index in [1.807, 2.05) is 0 Å². The zero-order valence-electron chi connectivity index (χ0n) is 13.6. The van der Waals surface area contributed by atoms with E-state index in [0.717, 1.165) is 25.0 Å². The van der Waals surface area contributed by atoms with Crippen molar-refractivity contribution in [1.29, 1.82) is 0 Å². The van der Waals surface area contributed by atoms with Gasteiger partial charge < -0.3 is 9.47 Å². The molecule has 0 N–H and O–H groups in total. The molecule has 2 aliphatic rings. The third kappa shape index (κ3) is 5.73. The van der Waals surface area contributed by atoms with Crippen LogP contribution in [0.4, 0.5) is 0 Å². The van der Waals surface area contributed by atoms with E-state index in [4.69, 9.17) is 9.47 Å². The molecule has 0 aromatic rings. The summed E-state index contributed by atoms with van der Waals surface area (Å²) in [7, 11) is 0. The van der Waals surface area contributed by atoms with Gasteiger partial charge in [0.05, 0.1) is 12.2 Å². The molecule has 0 aromatic carbocycles. The lowest BCUT2D eigenvalue weighted by molar-refractivity contribution is -0.0439. The molecule has 0 atom stereocenters. The van der Waals surface area contributed by atoms with Crippen LogP contribution in [-0.2, 0) is 9.47 Å². The van der Waals surface area contributed by atoms with E-state index >= 15 is 0 Å². The molecule has 0 amide bonds. The van der Waals surface area contributed by atoms with Gasteiger partial charge in [-0.25, -0.2) is 0 Å². The Labute approximate surface area is 125 Å². The molecule has 0 radical (unpaired) electrons. The Kier molecular flexibility index (Phi) is 7.37. The minimum Gasteiger partial charge on any atom is -0.378 e. The summed E-state index contributed by atoms with van der Waals surface area (Å²) in [5.41, 5.74) is 0. The predicted octanol–water partition coefficient (Wildman–Crippen LogP) is 4.96. The highest BCUT2D eigenvalue weighted by molar-refractivity contribution is 4.75. The molecule has 2 nitrogen and oxygen atoms in total. The molecular weight excluding hydrogens is 248 g/mol. The highest BCUT2D eigenvalue weighted by atomic mass is 16.5. The van der Waals surface area contributed by atoms with Gasteiger partial charge >= 0.3 is 0 Å². The third-order valence-corrected chi connectivity index (χ3v) is 5.18. The first-order valence-corrected chi connectivity index (χ1v) is 9.01. The van der Waals surface area contributed by atoms with Crippen LogP contribution in [0.15, 0.2) is 0 Å². The Morgan fingerprint density at radius 3 is 2.00 bits per heavy atom. The van der Waals surface area contributed by atoms with Crippen LogP contribution in [0, 0.1) is 11.8 Å². The second kappa shape index (κ2) is 9.04. The summed E-state index contributed by atoms with van der Waals surface area (Å²) < 4.78 is 12.1. The summed E-state index contributed by atoms with van der Waals surface area (Å²) in [6, 6.07) is 0. The van der Waals surface area contributed by atoms with Crippen LogP contribution in [0.1, 0.15) is 78.1 Å². The maximum absolute atomic E-state index is 6.18. The second-order valence-corrected chi connectivity index (χ2v) is 7.08. The van der Waals surface area contributed by atoms with Crippen molar-refractivity contribution in [2.75, 3.05) is 13.2 Å². The highest BCUT2D eigenvalue weighted by Crippen LogP contribution is 2.30. The van der Waals surface area contributed by atoms with Crippen LogP contribution in [0.25, 0.3) is 0 Å². The van der Waals surface area contributed by atoms with Crippen molar-refractivity contribution in [2.45, 2.75) is 90.3 Å². The number of hydrogen-bond donors (Lipinski definition) is 0. The molecule has 2 heteroatoms. The van der Waals surface area contributed by atoms with E-state index in [2.05, 4.69) is 13.8 Å². The van der Waals surface area contributed by atoms with Crippen LogP contribution in [0.2, 0.25) is 0 Å². The lowest BCUT2D eigenvalue weighted by atomic mass is 9.83. The van der Waals surface area contributed by atoms with Gasteiger partial charge in [-0.1, -0.05) is 33.1 Å². The van der Waals surface area contributed by atoms with Crippen LogP contribution < -0.4 is 0 Å². The maximum Gasteiger partial charge on any atom is 0.0577 e. The monoisotopic (exact) mass is 282 g/mol. The van der Waals surface area contributed by atoms with Crippen molar-refractivity contribution >= 4 is 0 Å². The standard InChI is InChI=1S/C18H34O2/c1-3-4-13-19-17-9-11-18(12-10-17)20-14-16-7-5-15(2)6-8-16/h15-18H,3-14H2,1-2H3. The summed E-state index contributed by atoms with van der Waals surface area (Å²) in [5.74, 6) is 1.78. The van der Waals surface area contributed by atoms with Crippen molar-refractivity contribution in [3.8, 4) is 0 Å². The van der Waals surface area contributed by atoms with E-state index in [1.165, 1.54) is 64.2 Å². The van der Waals surface area contributed by atoms with E-state index in [9.17, 15) is 0 Å². The third-order valence-electron chi connectivity index (χ3n) is 5.18. The zero-order valence-corrected chi connectivity index (χ0v) is 13.6. The molecule has 2 fully saturated rings. The van der Waals surface area contributed by atoms with Crippen LogP contribution >= 0.6 is 0 Å². The molecule has 2 saturated carbocycles. The smallest absolute Gasteiger partial charge is 0.0577 e. The van der Waals surface area contributed by atoms with Crippen LogP contribution in [-0.4, -0.2) is 25.4 Å². The fraction of sp³-hybridized carbons (Fsp3) is 1.00. The van der Waals surface area contributed by atoms with Gasteiger partial charge in [-0.2, -0.15) is 0 Å². The zero-order chi connectivity index (χ0) is 14.2. The normalized spacial score (nSPS) is 35.1. The van der Waals surface area contributed by atoms with Crippen LogP contribution in [0.3, 0.4) is 0 Å². The quantitative estimate of drug-likeness (QED) is 0.615. The van der Waals surface area contributed by atoms with Gasteiger partial charge in [0, 0.05) is 13.2 Å². The van der Waals surface area contributed by atoms with Gasteiger partial charge in [-0.05, 0) is 56.8 Å². The summed E-state index contributed by atoms with van der Waals surface area (Å²) >= 11 is 0. The number of hydrogen-bond acceptors (Lipinski definition) is 2. The van der Waals surface area contributed by atoms with Gasteiger partial charge in [0.1, 0.15) is 0 Å². The largest absolute Gasteiger partial charge is 0.378 e. The predicted molar refractivity (Wildman–Crippen MR) is 84.0 cm³/mol. The second-order valence-electron chi connectivity index (χ2n) is 7.08. The average Bonchev–Trinajstić information content (AvgIpc) is 2.48. The maximum atomic E-state index is 6.18. The molecule has 2 rings (SSSR count). The summed E-state index contributed by atoms with van der Waals surface area (Å²) in [6.07, 6.45) is 13.9. The number of unbranched alkanes of at least 4 members (excludes halogenated alkanes) is 1. The van der Waals surface area contributed by atoms with Gasteiger partial charge in [-0.3, -0.25) is 0 Å². The minimum atomic E-state index is 0.511. The van der Waals surface area contributed by atoms with Crippen molar-refractivity contribution < 1.29 is 9.47 Å². The Balaban J connectivity index is 1.53. The first-order chi connectivity index (χ1) is 9.78. The van der Waals surface area contributed by atoms with Gasteiger partial charge in [0.15, 0.2) is 0 Å². The fourth-order valence-corrected chi connectivity index (χ4v) is 3.53. The van der Waals surface area contributed by atoms with Crippen molar-refractivity contribution in [3.63, 3.8) is 0 Å². The SMILES string of the molecule is CCCCOC1CCC(OCC2CCC(C)CC2)CC1. The summed E-state index contributed by atoms with van der Waals surface area (Å²) in [6.45, 7) is 6.57. The molecule has 0 spiro atoms. The molecule has 0 saturated heterocycles. The number of rotatable bonds is 7. The Morgan fingerprint density at radius 2 is 1.40 bits per heavy atom. The van der Waals surface area contributed by atoms with Crippen molar-refractivity contribution in [3.05, 3.63) is 0 Å². The first kappa shape index (κ1) is 16.3. The minimum absolute atomic E-state index is 0.511. The van der Waals surface area contributed by atoms with E-state index < -0.39 is 0 Å². The lowest BCUT2D eigenvalue weighted by Gasteiger charge is -2.31. The fourth-order valence-electron chi connectivity index (χ4n) is 3.53. The molecular formula is C18H34O2. The Bertz CT molecular complexity index is 238. The van der Waals surface area contributed by atoms with Gasteiger partial charge in [0.2, 0.25) is 0 Å². The number of ether oxygens (including phenoxy) is 2. The van der Waals surface area contributed by atoms with Gasteiger partial charge in [0.25, 0.3) is 0 Å². The molecule has 0 heterocycles. The van der Waals surface area contributed by atoms with Crippen molar-refractivity contribution in [2.24, 2.45) is 11.8 Å².